The van der Waals surface area contributed by atoms with Gasteiger partial charge in [-0.25, -0.2) is 4.79 Å². The van der Waals surface area contributed by atoms with Crippen molar-refractivity contribution in [3.05, 3.63) is 42.5 Å². The van der Waals surface area contributed by atoms with Crippen LogP contribution in [0, 0.1) is 0 Å². The number of hydrogen-bond acceptors (Lipinski definition) is 5. The Hall–Kier alpha value is -3.09. The Labute approximate surface area is 152 Å². The average Bonchev–Trinajstić information content (AvgIpc) is 2.68. The molecule has 1 aliphatic rings. The van der Waals surface area contributed by atoms with E-state index in [0.717, 1.165) is 11.5 Å². The topological polar surface area (TPSA) is 69.3 Å². The van der Waals surface area contributed by atoms with Crippen molar-refractivity contribution in [2.24, 2.45) is 0 Å². The van der Waals surface area contributed by atoms with Crippen LogP contribution in [-0.2, 0) is 0 Å². The standard InChI is InChI=1S/C19H22N2O5/c1-21(9-10-24-16-6-4-15(23-2)5-7-16)19(22)20-14-3-8-17-18(13-14)26-12-11-25-17/h3-8,13H,9-12H2,1-2H3,(H,20,22). The van der Waals surface area contributed by atoms with Gasteiger partial charge in [-0.05, 0) is 36.4 Å². The largest absolute Gasteiger partial charge is 0.497 e. The minimum Gasteiger partial charge on any atom is -0.497 e. The zero-order valence-electron chi connectivity index (χ0n) is 14.9. The molecule has 2 amide bonds. The van der Waals surface area contributed by atoms with Crippen LogP contribution in [0.1, 0.15) is 0 Å². The highest BCUT2D eigenvalue weighted by Gasteiger charge is 2.14. The third-order valence-corrected chi connectivity index (χ3v) is 3.90. The molecule has 7 nitrogen and oxygen atoms in total. The maximum atomic E-state index is 12.3. The van der Waals surface area contributed by atoms with Gasteiger partial charge in [0.05, 0.1) is 13.7 Å². The van der Waals surface area contributed by atoms with Crippen molar-refractivity contribution in [3.8, 4) is 23.0 Å². The molecule has 0 fully saturated rings. The second-order valence-corrected chi connectivity index (χ2v) is 5.73. The molecule has 0 saturated carbocycles. The van der Waals surface area contributed by atoms with Gasteiger partial charge in [-0.3, -0.25) is 0 Å². The van der Waals surface area contributed by atoms with Crippen LogP contribution in [0.3, 0.4) is 0 Å². The Morgan fingerprint density at radius 2 is 1.77 bits per heavy atom. The summed E-state index contributed by atoms with van der Waals surface area (Å²) in [5.41, 5.74) is 0.655. The monoisotopic (exact) mass is 358 g/mol. The number of urea groups is 1. The van der Waals surface area contributed by atoms with Crippen LogP contribution in [0.15, 0.2) is 42.5 Å². The van der Waals surface area contributed by atoms with Crippen LogP contribution < -0.4 is 24.3 Å². The highest BCUT2D eigenvalue weighted by atomic mass is 16.6. The fraction of sp³-hybridized carbons (Fsp3) is 0.316. The van der Waals surface area contributed by atoms with Gasteiger partial charge in [-0.15, -0.1) is 0 Å². The lowest BCUT2D eigenvalue weighted by Gasteiger charge is -2.21. The highest BCUT2D eigenvalue weighted by Crippen LogP contribution is 2.32. The van der Waals surface area contributed by atoms with Crippen LogP contribution >= 0.6 is 0 Å². The first-order valence-electron chi connectivity index (χ1n) is 8.34. The maximum Gasteiger partial charge on any atom is 0.321 e. The zero-order valence-corrected chi connectivity index (χ0v) is 14.9. The summed E-state index contributed by atoms with van der Waals surface area (Å²) in [5, 5.41) is 2.83. The number of ether oxygens (including phenoxy) is 4. The van der Waals surface area contributed by atoms with E-state index in [2.05, 4.69) is 5.32 Å². The number of nitrogens with zero attached hydrogens (tertiary/aromatic N) is 1. The minimum absolute atomic E-state index is 0.222. The molecular weight excluding hydrogens is 336 g/mol. The molecule has 7 heteroatoms. The number of carbonyl (C=O) groups excluding carboxylic acids is 1. The number of hydrogen-bond donors (Lipinski definition) is 1. The van der Waals surface area contributed by atoms with E-state index in [1.807, 2.05) is 24.3 Å². The Kier molecular flexibility index (Phi) is 5.68. The van der Waals surface area contributed by atoms with Crippen LogP contribution in [0.4, 0.5) is 10.5 Å². The Morgan fingerprint density at radius 1 is 1.08 bits per heavy atom. The molecule has 2 aromatic carbocycles. The van der Waals surface area contributed by atoms with Gasteiger partial charge in [-0.1, -0.05) is 0 Å². The fourth-order valence-electron chi connectivity index (χ4n) is 2.41. The van der Waals surface area contributed by atoms with Crippen LogP contribution in [0.2, 0.25) is 0 Å². The summed E-state index contributed by atoms with van der Waals surface area (Å²) in [5.74, 6) is 2.83. The van der Waals surface area contributed by atoms with Gasteiger partial charge in [0.2, 0.25) is 0 Å². The molecule has 0 radical (unpaired) electrons. The van der Waals surface area contributed by atoms with Gasteiger partial charge >= 0.3 is 6.03 Å². The molecule has 1 aliphatic heterocycles. The number of amides is 2. The van der Waals surface area contributed by atoms with E-state index >= 15 is 0 Å². The van der Waals surface area contributed by atoms with E-state index in [-0.39, 0.29) is 6.03 Å². The van der Waals surface area contributed by atoms with Gasteiger partial charge in [0.25, 0.3) is 0 Å². The molecule has 0 saturated heterocycles. The summed E-state index contributed by atoms with van der Waals surface area (Å²) < 4.78 is 21.7. The van der Waals surface area contributed by atoms with Crippen molar-refractivity contribution in [2.45, 2.75) is 0 Å². The lowest BCUT2D eigenvalue weighted by atomic mass is 10.2. The molecule has 1 heterocycles. The molecule has 0 atom stereocenters. The number of fused-ring (bicyclic) bond motifs is 1. The third-order valence-electron chi connectivity index (χ3n) is 3.90. The molecular formula is C19H22N2O5. The molecule has 3 rings (SSSR count). The normalized spacial score (nSPS) is 12.2. The lowest BCUT2D eigenvalue weighted by Crippen LogP contribution is -2.34. The first-order chi connectivity index (χ1) is 12.7. The van der Waals surface area contributed by atoms with Crippen molar-refractivity contribution in [2.75, 3.05) is 45.8 Å². The number of benzene rings is 2. The van der Waals surface area contributed by atoms with Crippen LogP contribution in [-0.4, -0.2) is 51.5 Å². The molecule has 0 aromatic heterocycles. The first kappa shape index (κ1) is 17.7. The van der Waals surface area contributed by atoms with Gasteiger partial charge in [0.15, 0.2) is 11.5 Å². The van der Waals surface area contributed by atoms with Gasteiger partial charge in [-0.2, -0.15) is 0 Å². The smallest absolute Gasteiger partial charge is 0.321 e. The number of anilines is 1. The van der Waals surface area contributed by atoms with Crippen molar-refractivity contribution in [1.29, 1.82) is 0 Å². The second-order valence-electron chi connectivity index (χ2n) is 5.73. The molecule has 1 N–H and O–H groups in total. The molecule has 0 unspecified atom stereocenters. The first-order valence-corrected chi connectivity index (χ1v) is 8.34. The molecule has 26 heavy (non-hydrogen) atoms. The molecule has 138 valence electrons. The number of likely N-dealkylation sites (N-methyl/N-ethyl adjacent to an activating group) is 1. The summed E-state index contributed by atoms with van der Waals surface area (Å²) in [6.07, 6.45) is 0. The van der Waals surface area contributed by atoms with Crippen LogP contribution in [0.5, 0.6) is 23.0 Å². The van der Waals surface area contributed by atoms with Crippen LogP contribution in [0.25, 0.3) is 0 Å². The van der Waals surface area contributed by atoms with Crippen molar-refractivity contribution < 1.29 is 23.7 Å². The van der Waals surface area contributed by atoms with E-state index in [1.165, 1.54) is 0 Å². The Bertz CT molecular complexity index is 748. The van der Waals surface area contributed by atoms with E-state index < -0.39 is 0 Å². The Balaban J connectivity index is 1.46. The van der Waals surface area contributed by atoms with Gasteiger partial charge in [0, 0.05) is 18.8 Å². The number of methoxy groups -OCH3 is 1. The predicted octanol–water partition coefficient (Wildman–Crippen LogP) is 3.01. The lowest BCUT2D eigenvalue weighted by molar-refractivity contribution is 0.171. The van der Waals surface area contributed by atoms with Gasteiger partial charge < -0.3 is 29.2 Å². The molecule has 0 spiro atoms. The molecule has 0 bridgehead atoms. The van der Waals surface area contributed by atoms with E-state index in [0.29, 0.717) is 43.6 Å². The molecule has 0 aliphatic carbocycles. The number of nitrogens with one attached hydrogen (secondary N) is 1. The van der Waals surface area contributed by atoms with Gasteiger partial charge in [0.1, 0.15) is 31.3 Å². The maximum absolute atomic E-state index is 12.3. The molecule has 2 aromatic rings. The summed E-state index contributed by atoms with van der Waals surface area (Å²) in [7, 11) is 3.33. The predicted molar refractivity (Wildman–Crippen MR) is 97.6 cm³/mol. The number of rotatable bonds is 6. The van der Waals surface area contributed by atoms with E-state index in [4.69, 9.17) is 18.9 Å². The van der Waals surface area contributed by atoms with E-state index in [1.54, 1.807) is 37.3 Å². The zero-order chi connectivity index (χ0) is 18.4. The SMILES string of the molecule is COc1ccc(OCCN(C)C(=O)Nc2ccc3c(c2)OCCO3)cc1. The minimum atomic E-state index is -0.222. The summed E-state index contributed by atoms with van der Waals surface area (Å²) >= 11 is 0. The fourth-order valence-corrected chi connectivity index (χ4v) is 2.41. The van der Waals surface area contributed by atoms with Crippen molar-refractivity contribution in [3.63, 3.8) is 0 Å². The summed E-state index contributed by atoms with van der Waals surface area (Å²) in [6, 6.07) is 12.4. The van der Waals surface area contributed by atoms with Crippen molar-refractivity contribution in [1.82, 2.24) is 4.90 Å². The van der Waals surface area contributed by atoms with Crippen molar-refractivity contribution >= 4 is 11.7 Å². The Morgan fingerprint density at radius 3 is 2.50 bits per heavy atom. The quantitative estimate of drug-likeness (QED) is 0.860. The highest BCUT2D eigenvalue weighted by molar-refractivity contribution is 5.89. The second kappa shape index (κ2) is 8.33. The number of carbonyl (C=O) groups is 1. The summed E-state index contributed by atoms with van der Waals surface area (Å²) in [6.45, 7) is 1.88. The third kappa shape index (κ3) is 4.50. The summed E-state index contributed by atoms with van der Waals surface area (Å²) in [4.78, 5) is 13.8. The average molecular weight is 358 g/mol. The van der Waals surface area contributed by atoms with E-state index in [9.17, 15) is 4.79 Å².